The van der Waals surface area contributed by atoms with E-state index >= 15 is 0 Å². The number of nitro benzene ring substituents is 1. The van der Waals surface area contributed by atoms with Crippen molar-refractivity contribution in [1.82, 2.24) is 4.98 Å². The quantitative estimate of drug-likeness (QED) is 0.590. The van der Waals surface area contributed by atoms with Crippen molar-refractivity contribution in [2.75, 3.05) is 0 Å². The predicted molar refractivity (Wildman–Crippen MR) is 74.6 cm³/mol. The van der Waals surface area contributed by atoms with Crippen LogP contribution in [0, 0.1) is 15.9 Å². The molecule has 8 heteroatoms. The number of nitro groups is 1. The minimum Gasteiger partial charge on any atom is -0.435 e. The van der Waals surface area contributed by atoms with Crippen LogP contribution in [0.4, 0.5) is 10.1 Å². The van der Waals surface area contributed by atoms with Crippen molar-refractivity contribution in [3.05, 3.63) is 57.9 Å². The number of non-ortho nitro benzene ring substituents is 1. The topological polar surface area (TPSA) is 112 Å². The Kier molecular flexibility index (Phi) is 3.06. The summed E-state index contributed by atoms with van der Waals surface area (Å²) in [6.45, 7) is 0. The molecule has 2 N–H and O–H groups in total. The minimum absolute atomic E-state index is 0.0253. The minimum atomic E-state index is -0.879. The Morgan fingerprint density at radius 3 is 2.73 bits per heavy atom. The highest BCUT2D eigenvalue weighted by Crippen LogP contribution is 2.30. The van der Waals surface area contributed by atoms with E-state index < -0.39 is 16.6 Å². The lowest BCUT2D eigenvalue weighted by Gasteiger charge is -1.97. The number of hydrogen-bond donors (Lipinski definition) is 1. The molecule has 0 radical (unpaired) electrons. The normalized spacial score (nSPS) is 10.8. The number of carbonyl (C=O) groups is 1. The fourth-order valence-corrected chi connectivity index (χ4v) is 2.05. The van der Waals surface area contributed by atoms with Crippen LogP contribution in [-0.4, -0.2) is 15.8 Å². The van der Waals surface area contributed by atoms with Gasteiger partial charge in [-0.05, 0) is 18.2 Å². The summed E-state index contributed by atoms with van der Waals surface area (Å²) in [5.74, 6) is -1.32. The second-order valence-corrected chi connectivity index (χ2v) is 4.49. The molecule has 110 valence electrons. The van der Waals surface area contributed by atoms with Crippen LogP contribution >= 0.6 is 0 Å². The molecule has 1 heterocycles. The average molecular weight is 301 g/mol. The average Bonchev–Trinajstić information content (AvgIpc) is 2.89. The predicted octanol–water partition coefficient (Wildman–Crippen LogP) is 2.64. The molecule has 0 fully saturated rings. The number of hydrogen-bond acceptors (Lipinski definition) is 5. The Hall–Kier alpha value is -3.29. The summed E-state index contributed by atoms with van der Waals surface area (Å²) in [4.78, 5) is 25.7. The van der Waals surface area contributed by atoms with E-state index in [1.165, 1.54) is 18.2 Å². The zero-order valence-corrected chi connectivity index (χ0v) is 10.9. The van der Waals surface area contributed by atoms with Crippen molar-refractivity contribution in [2.24, 2.45) is 5.73 Å². The van der Waals surface area contributed by atoms with Gasteiger partial charge in [-0.15, -0.1) is 0 Å². The van der Waals surface area contributed by atoms with E-state index in [1.807, 2.05) is 0 Å². The summed E-state index contributed by atoms with van der Waals surface area (Å²) < 4.78 is 18.7. The molecule has 3 aromatic rings. The van der Waals surface area contributed by atoms with Crippen LogP contribution in [0.15, 0.2) is 40.8 Å². The van der Waals surface area contributed by atoms with Crippen LogP contribution in [0.5, 0.6) is 0 Å². The first kappa shape index (κ1) is 13.7. The standard InChI is InChI=1S/C14H8FN3O4/c15-8-3-1-2-7(4-8)14-17-11-6-9(18(20)21)5-10(13(16)19)12(11)22-14/h1-6H,(H2,16,19). The van der Waals surface area contributed by atoms with Crippen molar-refractivity contribution < 1.29 is 18.5 Å². The lowest BCUT2D eigenvalue weighted by atomic mass is 10.1. The second-order valence-electron chi connectivity index (χ2n) is 4.49. The number of aromatic nitrogens is 1. The van der Waals surface area contributed by atoms with Gasteiger partial charge in [0, 0.05) is 17.7 Å². The fourth-order valence-electron chi connectivity index (χ4n) is 2.05. The fraction of sp³-hybridized carbons (Fsp3) is 0. The zero-order chi connectivity index (χ0) is 15.9. The third-order valence-corrected chi connectivity index (χ3v) is 3.02. The SMILES string of the molecule is NC(=O)c1cc([N+](=O)[O-])cc2nc(-c3cccc(F)c3)oc12. The Morgan fingerprint density at radius 1 is 1.32 bits per heavy atom. The van der Waals surface area contributed by atoms with Crippen molar-refractivity contribution >= 4 is 22.7 Å². The first-order valence-corrected chi connectivity index (χ1v) is 6.10. The van der Waals surface area contributed by atoms with E-state index in [9.17, 15) is 19.3 Å². The number of fused-ring (bicyclic) bond motifs is 1. The third-order valence-electron chi connectivity index (χ3n) is 3.02. The molecule has 0 aliphatic rings. The number of benzene rings is 2. The molecule has 0 saturated heterocycles. The third kappa shape index (κ3) is 2.26. The smallest absolute Gasteiger partial charge is 0.272 e. The van der Waals surface area contributed by atoms with Gasteiger partial charge in [0.25, 0.3) is 11.6 Å². The molecule has 0 bridgehead atoms. The maximum absolute atomic E-state index is 13.3. The van der Waals surface area contributed by atoms with Crippen LogP contribution in [0.3, 0.4) is 0 Å². The molecular weight excluding hydrogens is 293 g/mol. The highest BCUT2D eigenvalue weighted by molar-refractivity contribution is 6.04. The van der Waals surface area contributed by atoms with Gasteiger partial charge in [-0.2, -0.15) is 0 Å². The van der Waals surface area contributed by atoms with E-state index in [0.717, 1.165) is 12.1 Å². The summed E-state index contributed by atoms with van der Waals surface area (Å²) in [6, 6.07) is 7.66. The number of amides is 1. The van der Waals surface area contributed by atoms with Gasteiger partial charge in [0.05, 0.1) is 10.5 Å². The van der Waals surface area contributed by atoms with Crippen LogP contribution < -0.4 is 5.73 Å². The Morgan fingerprint density at radius 2 is 2.09 bits per heavy atom. The monoisotopic (exact) mass is 301 g/mol. The van der Waals surface area contributed by atoms with Gasteiger partial charge in [0.15, 0.2) is 5.58 Å². The van der Waals surface area contributed by atoms with E-state index in [1.54, 1.807) is 6.07 Å². The van der Waals surface area contributed by atoms with Crippen molar-refractivity contribution in [3.63, 3.8) is 0 Å². The number of nitrogens with zero attached hydrogens (tertiary/aromatic N) is 2. The van der Waals surface area contributed by atoms with E-state index in [4.69, 9.17) is 10.2 Å². The lowest BCUT2D eigenvalue weighted by molar-refractivity contribution is -0.384. The lowest BCUT2D eigenvalue weighted by Crippen LogP contribution is -2.11. The van der Waals surface area contributed by atoms with Gasteiger partial charge in [0.2, 0.25) is 5.89 Å². The molecule has 0 saturated carbocycles. The molecule has 0 atom stereocenters. The molecule has 0 unspecified atom stereocenters. The number of primary amides is 1. The van der Waals surface area contributed by atoms with Gasteiger partial charge in [-0.25, -0.2) is 9.37 Å². The molecule has 2 aromatic carbocycles. The summed E-state index contributed by atoms with van der Waals surface area (Å²) in [5.41, 5.74) is 5.19. The maximum atomic E-state index is 13.3. The molecular formula is C14H8FN3O4. The van der Waals surface area contributed by atoms with Gasteiger partial charge < -0.3 is 10.2 Å². The summed E-state index contributed by atoms with van der Waals surface area (Å²) >= 11 is 0. The number of oxazole rings is 1. The molecule has 1 aromatic heterocycles. The number of nitrogens with two attached hydrogens (primary N) is 1. The van der Waals surface area contributed by atoms with Crippen molar-refractivity contribution in [2.45, 2.75) is 0 Å². The Bertz CT molecular complexity index is 920. The molecule has 0 aliphatic carbocycles. The van der Waals surface area contributed by atoms with E-state index in [-0.39, 0.29) is 28.2 Å². The highest BCUT2D eigenvalue weighted by Gasteiger charge is 2.20. The maximum Gasteiger partial charge on any atom is 0.272 e. The molecule has 3 rings (SSSR count). The summed E-state index contributed by atoms with van der Waals surface area (Å²) in [7, 11) is 0. The van der Waals surface area contributed by atoms with Crippen LogP contribution in [0.25, 0.3) is 22.6 Å². The number of halogens is 1. The van der Waals surface area contributed by atoms with Gasteiger partial charge in [-0.1, -0.05) is 6.07 Å². The Labute approximate surface area is 122 Å². The molecule has 22 heavy (non-hydrogen) atoms. The van der Waals surface area contributed by atoms with Crippen molar-refractivity contribution in [3.8, 4) is 11.5 Å². The molecule has 0 aliphatic heterocycles. The zero-order valence-electron chi connectivity index (χ0n) is 10.9. The number of carbonyl (C=O) groups excluding carboxylic acids is 1. The van der Waals surface area contributed by atoms with E-state index in [2.05, 4.69) is 4.98 Å². The summed E-state index contributed by atoms with van der Waals surface area (Å²) in [5, 5.41) is 10.9. The first-order chi connectivity index (χ1) is 10.5. The number of rotatable bonds is 3. The van der Waals surface area contributed by atoms with Gasteiger partial charge >= 0.3 is 0 Å². The first-order valence-electron chi connectivity index (χ1n) is 6.10. The van der Waals surface area contributed by atoms with Gasteiger partial charge in [0.1, 0.15) is 11.3 Å². The largest absolute Gasteiger partial charge is 0.435 e. The Balaban J connectivity index is 2.26. The van der Waals surface area contributed by atoms with Crippen LogP contribution in [0.2, 0.25) is 0 Å². The molecule has 0 spiro atoms. The molecule has 1 amide bonds. The summed E-state index contributed by atoms with van der Waals surface area (Å²) in [6.07, 6.45) is 0. The second kappa shape index (κ2) is 4.92. The van der Waals surface area contributed by atoms with Crippen molar-refractivity contribution in [1.29, 1.82) is 0 Å². The van der Waals surface area contributed by atoms with Gasteiger partial charge in [-0.3, -0.25) is 14.9 Å². The highest BCUT2D eigenvalue weighted by atomic mass is 19.1. The van der Waals surface area contributed by atoms with E-state index in [0.29, 0.717) is 5.56 Å². The molecule has 7 nitrogen and oxygen atoms in total. The van der Waals surface area contributed by atoms with Crippen LogP contribution in [-0.2, 0) is 0 Å². The van der Waals surface area contributed by atoms with Crippen LogP contribution in [0.1, 0.15) is 10.4 Å².